The van der Waals surface area contributed by atoms with Crippen LogP contribution in [0.25, 0.3) is 0 Å². The van der Waals surface area contributed by atoms with E-state index in [1.54, 1.807) is 7.05 Å². The van der Waals surface area contributed by atoms with E-state index in [2.05, 4.69) is 0 Å². The van der Waals surface area contributed by atoms with Gasteiger partial charge in [-0.1, -0.05) is 0 Å². The zero-order chi connectivity index (χ0) is 11.9. The highest BCUT2D eigenvalue weighted by Gasteiger charge is 2.25. The van der Waals surface area contributed by atoms with Gasteiger partial charge < -0.3 is 15.1 Å². The van der Waals surface area contributed by atoms with Crippen molar-refractivity contribution in [2.24, 2.45) is 0 Å². The zero-order valence-corrected chi connectivity index (χ0v) is 8.73. The summed E-state index contributed by atoms with van der Waals surface area (Å²) in [6, 6.07) is 2.66. The SMILES string of the molecule is CN1C(=O)CCc2cc(C(=O)O)cc(O)c21. The van der Waals surface area contributed by atoms with Gasteiger partial charge >= 0.3 is 5.97 Å². The van der Waals surface area contributed by atoms with E-state index in [-0.39, 0.29) is 17.2 Å². The molecule has 0 aromatic heterocycles. The van der Waals surface area contributed by atoms with E-state index in [0.717, 1.165) is 6.07 Å². The number of carbonyl (C=O) groups excluding carboxylic acids is 1. The van der Waals surface area contributed by atoms with Gasteiger partial charge in [0.2, 0.25) is 5.91 Å². The molecule has 0 spiro atoms. The van der Waals surface area contributed by atoms with Gasteiger partial charge in [0.15, 0.2) is 0 Å². The molecule has 0 saturated carbocycles. The van der Waals surface area contributed by atoms with Gasteiger partial charge in [-0.2, -0.15) is 0 Å². The molecule has 0 aliphatic carbocycles. The number of carboxylic acids is 1. The molecule has 84 valence electrons. The maximum absolute atomic E-state index is 11.4. The molecule has 2 N–H and O–H groups in total. The molecule has 5 nitrogen and oxygen atoms in total. The van der Waals surface area contributed by atoms with Gasteiger partial charge in [-0.3, -0.25) is 4.79 Å². The molecule has 0 radical (unpaired) electrons. The number of carboxylic acid groups (broad SMARTS) is 1. The Bertz CT molecular complexity index is 481. The van der Waals surface area contributed by atoms with E-state index >= 15 is 0 Å². The van der Waals surface area contributed by atoms with Crippen molar-refractivity contribution in [1.29, 1.82) is 0 Å². The van der Waals surface area contributed by atoms with Gasteiger partial charge in [-0.05, 0) is 24.1 Å². The summed E-state index contributed by atoms with van der Waals surface area (Å²) < 4.78 is 0. The van der Waals surface area contributed by atoms with Crippen LogP contribution in [0.3, 0.4) is 0 Å². The van der Waals surface area contributed by atoms with Gasteiger partial charge in [-0.15, -0.1) is 0 Å². The Morgan fingerprint density at radius 3 is 2.69 bits per heavy atom. The van der Waals surface area contributed by atoms with Crippen LogP contribution in [0.1, 0.15) is 22.3 Å². The maximum atomic E-state index is 11.4. The quantitative estimate of drug-likeness (QED) is 0.741. The second-order valence-electron chi connectivity index (χ2n) is 3.76. The van der Waals surface area contributed by atoms with Crippen LogP contribution in [-0.2, 0) is 11.2 Å². The van der Waals surface area contributed by atoms with Crippen LogP contribution in [-0.4, -0.2) is 29.1 Å². The minimum atomic E-state index is -1.09. The molecule has 1 amide bonds. The monoisotopic (exact) mass is 221 g/mol. The highest BCUT2D eigenvalue weighted by molar-refractivity contribution is 5.99. The fourth-order valence-corrected chi connectivity index (χ4v) is 1.91. The number of benzene rings is 1. The molecule has 0 fully saturated rings. The third kappa shape index (κ3) is 1.50. The van der Waals surface area contributed by atoms with E-state index in [0.29, 0.717) is 24.1 Å². The number of phenolic OH excluding ortho intramolecular Hbond substituents is 1. The van der Waals surface area contributed by atoms with E-state index in [1.165, 1.54) is 11.0 Å². The Morgan fingerprint density at radius 2 is 2.06 bits per heavy atom. The number of aryl methyl sites for hydroxylation is 1. The number of hydrogen-bond acceptors (Lipinski definition) is 3. The van der Waals surface area contributed by atoms with Crippen molar-refractivity contribution >= 4 is 17.6 Å². The average Bonchev–Trinajstić information content (AvgIpc) is 2.22. The predicted octanol–water partition coefficient (Wildman–Crippen LogP) is 0.999. The van der Waals surface area contributed by atoms with Gasteiger partial charge in [0.05, 0.1) is 11.3 Å². The molecule has 1 aliphatic heterocycles. The molecule has 0 saturated heterocycles. The normalized spacial score (nSPS) is 14.8. The molecule has 2 rings (SSSR count). The first kappa shape index (κ1) is 10.5. The molecule has 0 bridgehead atoms. The van der Waals surface area contributed by atoms with Crippen LogP contribution in [0.5, 0.6) is 5.75 Å². The summed E-state index contributed by atoms with van der Waals surface area (Å²) in [6.07, 6.45) is 0.805. The van der Waals surface area contributed by atoms with E-state index in [9.17, 15) is 14.7 Å². The summed E-state index contributed by atoms with van der Waals surface area (Å²) in [6.45, 7) is 0. The number of anilines is 1. The fraction of sp³-hybridized carbons (Fsp3) is 0.273. The Labute approximate surface area is 91.9 Å². The first-order valence-corrected chi connectivity index (χ1v) is 4.86. The van der Waals surface area contributed by atoms with Crippen molar-refractivity contribution in [3.05, 3.63) is 23.3 Å². The zero-order valence-electron chi connectivity index (χ0n) is 8.73. The summed E-state index contributed by atoms with van der Waals surface area (Å²) in [5, 5.41) is 18.6. The van der Waals surface area contributed by atoms with Gasteiger partial charge in [-0.25, -0.2) is 4.79 Å². The lowest BCUT2D eigenvalue weighted by Gasteiger charge is -2.26. The summed E-state index contributed by atoms with van der Waals surface area (Å²) >= 11 is 0. The molecule has 1 heterocycles. The lowest BCUT2D eigenvalue weighted by molar-refractivity contribution is -0.118. The lowest BCUT2D eigenvalue weighted by Crippen LogP contribution is -2.31. The summed E-state index contributed by atoms with van der Waals surface area (Å²) in [4.78, 5) is 23.6. The molecule has 0 atom stereocenters. The van der Waals surface area contributed by atoms with Crippen molar-refractivity contribution in [2.45, 2.75) is 12.8 Å². The molecule has 1 aliphatic rings. The minimum Gasteiger partial charge on any atom is -0.506 e. The molecule has 1 aromatic rings. The highest BCUT2D eigenvalue weighted by Crippen LogP contribution is 2.36. The number of fused-ring (bicyclic) bond motifs is 1. The molecular weight excluding hydrogens is 210 g/mol. The topological polar surface area (TPSA) is 77.8 Å². The van der Waals surface area contributed by atoms with Crippen molar-refractivity contribution in [1.82, 2.24) is 0 Å². The molecular formula is C11H11NO4. The standard InChI is InChI=1S/C11H11NO4/c1-12-9(14)3-2-6-4-7(11(15)16)5-8(13)10(6)12/h4-5,13H,2-3H2,1H3,(H,15,16). The number of amides is 1. The van der Waals surface area contributed by atoms with Gasteiger partial charge in [0, 0.05) is 13.5 Å². The van der Waals surface area contributed by atoms with Crippen LogP contribution in [0, 0.1) is 0 Å². The third-order valence-electron chi connectivity index (χ3n) is 2.73. The van der Waals surface area contributed by atoms with E-state index in [4.69, 9.17) is 5.11 Å². The Kier molecular flexibility index (Phi) is 2.30. The largest absolute Gasteiger partial charge is 0.506 e. The van der Waals surface area contributed by atoms with Gasteiger partial charge in [0.1, 0.15) is 5.75 Å². The number of carbonyl (C=O) groups is 2. The second-order valence-corrected chi connectivity index (χ2v) is 3.76. The minimum absolute atomic E-state index is 0.0407. The number of nitrogens with zero attached hydrogens (tertiary/aromatic N) is 1. The van der Waals surface area contributed by atoms with Crippen LogP contribution < -0.4 is 4.90 Å². The van der Waals surface area contributed by atoms with Crippen LogP contribution in [0.4, 0.5) is 5.69 Å². The summed E-state index contributed by atoms with van der Waals surface area (Å²) in [5.74, 6) is -1.33. The third-order valence-corrected chi connectivity index (χ3v) is 2.73. The Balaban J connectivity index is 2.58. The van der Waals surface area contributed by atoms with Crippen LogP contribution in [0.15, 0.2) is 12.1 Å². The van der Waals surface area contributed by atoms with Crippen molar-refractivity contribution in [2.75, 3.05) is 11.9 Å². The number of rotatable bonds is 1. The molecule has 1 aromatic carbocycles. The smallest absolute Gasteiger partial charge is 0.335 e. The maximum Gasteiger partial charge on any atom is 0.335 e. The lowest BCUT2D eigenvalue weighted by atomic mass is 9.98. The Morgan fingerprint density at radius 1 is 1.38 bits per heavy atom. The van der Waals surface area contributed by atoms with Crippen LogP contribution >= 0.6 is 0 Å². The molecule has 5 heteroatoms. The van der Waals surface area contributed by atoms with E-state index < -0.39 is 5.97 Å². The number of hydrogen-bond donors (Lipinski definition) is 2. The van der Waals surface area contributed by atoms with Crippen molar-refractivity contribution in [3.8, 4) is 5.75 Å². The first-order valence-electron chi connectivity index (χ1n) is 4.86. The Hall–Kier alpha value is -2.04. The van der Waals surface area contributed by atoms with E-state index in [1.807, 2.05) is 0 Å². The molecule has 0 unspecified atom stereocenters. The van der Waals surface area contributed by atoms with Crippen LogP contribution in [0.2, 0.25) is 0 Å². The number of aromatic carboxylic acids is 1. The average molecular weight is 221 g/mol. The second kappa shape index (κ2) is 3.52. The first-order chi connectivity index (χ1) is 7.50. The number of phenols is 1. The summed E-state index contributed by atoms with van der Waals surface area (Å²) in [5.41, 5.74) is 1.15. The highest BCUT2D eigenvalue weighted by atomic mass is 16.4. The molecule has 16 heavy (non-hydrogen) atoms. The van der Waals surface area contributed by atoms with Gasteiger partial charge in [0.25, 0.3) is 0 Å². The summed E-state index contributed by atoms with van der Waals surface area (Å²) in [7, 11) is 1.57. The fourth-order valence-electron chi connectivity index (χ4n) is 1.91. The van der Waals surface area contributed by atoms with Crippen molar-refractivity contribution < 1.29 is 19.8 Å². The number of aromatic hydroxyl groups is 1. The van der Waals surface area contributed by atoms with Crippen molar-refractivity contribution in [3.63, 3.8) is 0 Å². The predicted molar refractivity (Wildman–Crippen MR) is 56.8 cm³/mol.